The van der Waals surface area contributed by atoms with E-state index < -0.39 is 0 Å². The molecule has 128 valence electrons. The highest BCUT2D eigenvalue weighted by atomic mass is 16.3. The summed E-state index contributed by atoms with van der Waals surface area (Å²) in [6, 6.07) is 9.37. The van der Waals surface area contributed by atoms with Crippen molar-refractivity contribution in [2.75, 3.05) is 13.1 Å². The summed E-state index contributed by atoms with van der Waals surface area (Å²) in [6.45, 7) is 5.64. The van der Waals surface area contributed by atoms with Gasteiger partial charge in [0, 0.05) is 20.1 Å². The molecule has 1 N–H and O–H groups in total. The molecule has 0 atom stereocenters. The minimum Gasteiger partial charge on any atom is -0.508 e. The van der Waals surface area contributed by atoms with Crippen LogP contribution in [0.15, 0.2) is 30.3 Å². The van der Waals surface area contributed by atoms with Gasteiger partial charge in [0.25, 0.3) is 5.91 Å². The SMILES string of the molecule is CC(C)c1cc(C(=O)N2CCC(c3cccc(O)c3)CC2)n(C)n1. The minimum atomic E-state index is 0.0614. The third-order valence-electron chi connectivity index (χ3n) is 4.83. The summed E-state index contributed by atoms with van der Waals surface area (Å²) >= 11 is 0. The first-order valence-electron chi connectivity index (χ1n) is 8.58. The van der Waals surface area contributed by atoms with Crippen LogP contribution in [0.2, 0.25) is 0 Å². The zero-order chi connectivity index (χ0) is 17.3. The second-order valence-electron chi connectivity index (χ2n) is 6.89. The lowest BCUT2D eigenvalue weighted by atomic mass is 9.89. The molecule has 1 saturated heterocycles. The lowest BCUT2D eigenvalue weighted by molar-refractivity contribution is 0.0701. The maximum absolute atomic E-state index is 12.8. The van der Waals surface area contributed by atoms with Gasteiger partial charge in [-0.25, -0.2) is 0 Å². The number of hydrogen-bond acceptors (Lipinski definition) is 3. The van der Waals surface area contributed by atoms with E-state index in [1.54, 1.807) is 10.7 Å². The quantitative estimate of drug-likeness (QED) is 0.941. The van der Waals surface area contributed by atoms with Gasteiger partial charge in [0.15, 0.2) is 0 Å². The topological polar surface area (TPSA) is 58.4 Å². The van der Waals surface area contributed by atoms with E-state index in [1.165, 1.54) is 0 Å². The van der Waals surface area contributed by atoms with E-state index >= 15 is 0 Å². The van der Waals surface area contributed by atoms with Crippen molar-refractivity contribution in [3.63, 3.8) is 0 Å². The molecule has 0 unspecified atom stereocenters. The van der Waals surface area contributed by atoms with Gasteiger partial charge in [-0.05, 0) is 48.4 Å². The molecule has 1 aromatic heterocycles. The first-order valence-corrected chi connectivity index (χ1v) is 8.58. The predicted octanol–water partition coefficient (Wildman–Crippen LogP) is 3.27. The molecule has 0 radical (unpaired) electrons. The number of piperidine rings is 1. The molecule has 0 aliphatic carbocycles. The van der Waals surface area contributed by atoms with Gasteiger partial charge in [0.05, 0.1) is 5.69 Å². The summed E-state index contributed by atoms with van der Waals surface area (Å²) < 4.78 is 1.69. The van der Waals surface area contributed by atoms with Crippen LogP contribution in [0.25, 0.3) is 0 Å². The molecule has 5 nitrogen and oxygen atoms in total. The Hall–Kier alpha value is -2.30. The number of phenols is 1. The van der Waals surface area contributed by atoms with Gasteiger partial charge in [-0.1, -0.05) is 26.0 Å². The fraction of sp³-hybridized carbons (Fsp3) is 0.474. The van der Waals surface area contributed by atoms with Crippen molar-refractivity contribution < 1.29 is 9.90 Å². The number of hydrogen-bond donors (Lipinski definition) is 1. The molecule has 3 rings (SSSR count). The van der Waals surface area contributed by atoms with Gasteiger partial charge in [0.2, 0.25) is 0 Å². The second kappa shape index (κ2) is 6.67. The number of likely N-dealkylation sites (tertiary alicyclic amines) is 1. The van der Waals surface area contributed by atoms with Crippen LogP contribution in [-0.2, 0) is 7.05 Å². The van der Waals surface area contributed by atoms with Gasteiger partial charge in [-0.3, -0.25) is 9.48 Å². The van der Waals surface area contributed by atoms with Crippen LogP contribution in [-0.4, -0.2) is 38.8 Å². The number of carbonyl (C=O) groups is 1. The molecule has 0 bridgehead atoms. The molecule has 5 heteroatoms. The summed E-state index contributed by atoms with van der Waals surface area (Å²) in [5.41, 5.74) is 2.77. The zero-order valence-corrected chi connectivity index (χ0v) is 14.6. The number of aryl methyl sites for hydroxylation is 1. The number of amides is 1. The van der Waals surface area contributed by atoms with Crippen molar-refractivity contribution in [3.05, 3.63) is 47.3 Å². The fourth-order valence-corrected chi connectivity index (χ4v) is 3.33. The van der Waals surface area contributed by atoms with Gasteiger partial charge < -0.3 is 10.0 Å². The first kappa shape index (κ1) is 16.6. The Kier molecular flexibility index (Phi) is 4.60. The third kappa shape index (κ3) is 3.30. The van der Waals surface area contributed by atoms with Gasteiger partial charge >= 0.3 is 0 Å². The average Bonchev–Trinajstić information content (AvgIpc) is 2.96. The normalized spacial score (nSPS) is 15.9. The first-order chi connectivity index (χ1) is 11.5. The zero-order valence-electron chi connectivity index (χ0n) is 14.6. The summed E-state index contributed by atoms with van der Waals surface area (Å²) in [5.74, 6) is 1.08. The van der Waals surface area contributed by atoms with Crippen LogP contribution < -0.4 is 0 Å². The van der Waals surface area contributed by atoms with Crippen LogP contribution in [0.1, 0.15) is 60.3 Å². The third-order valence-corrected chi connectivity index (χ3v) is 4.83. The van der Waals surface area contributed by atoms with Gasteiger partial charge in [-0.2, -0.15) is 5.10 Å². The molecule has 1 aliphatic rings. The number of aromatic hydroxyl groups is 1. The Bertz CT molecular complexity index is 728. The molecule has 24 heavy (non-hydrogen) atoms. The number of rotatable bonds is 3. The molecule has 1 amide bonds. The fourth-order valence-electron chi connectivity index (χ4n) is 3.33. The van der Waals surface area contributed by atoms with E-state index in [-0.39, 0.29) is 5.91 Å². The monoisotopic (exact) mass is 327 g/mol. The molecule has 0 spiro atoms. The number of benzene rings is 1. The van der Waals surface area contributed by atoms with Crippen molar-refractivity contribution >= 4 is 5.91 Å². The Morgan fingerprint density at radius 3 is 2.54 bits per heavy atom. The van der Waals surface area contributed by atoms with Crippen molar-refractivity contribution in [1.29, 1.82) is 0 Å². The molecule has 1 fully saturated rings. The number of phenolic OH excluding ortho intramolecular Hbond substituents is 1. The largest absolute Gasteiger partial charge is 0.508 e. The van der Waals surface area contributed by atoms with E-state index in [4.69, 9.17) is 0 Å². The van der Waals surface area contributed by atoms with Crippen molar-refractivity contribution in [2.24, 2.45) is 7.05 Å². The summed E-state index contributed by atoms with van der Waals surface area (Å²) in [4.78, 5) is 14.7. The molecule has 2 heterocycles. The van der Waals surface area contributed by atoms with Crippen LogP contribution >= 0.6 is 0 Å². The van der Waals surface area contributed by atoms with E-state index in [0.717, 1.165) is 37.2 Å². The number of nitrogens with zero attached hydrogens (tertiary/aromatic N) is 3. The summed E-state index contributed by atoms with van der Waals surface area (Å²) in [6.07, 6.45) is 1.84. The van der Waals surface area contributed by atoms with E-state index in [1.807, 2.05) is 30.1 Å². The van der Waals surface area contributed by atoms with Crippen LogP contribution in [0.5, 0.6) is 5.75 Å². The molecule has 0 saturated carbocycles. The smallest absolute Gasteiger partial charge is 0.272 e. The highest BCUT2D eigenvalue weighted by Gasteiger charge is 2.26. The van der Waals surface area contributed by atoms with Crippen LogP contribution in [0.4, 0.5) is 0 Å². The molecular formula is C19H25N3O2. The molecule has 1 aliphatic heterocycles. The van der Waals surface area contributed by atoms with E-state index in [9.17, 15) is 9.90 Å². The van der Waals surface area contributed by atoms with Crippen LogP contribution in [0, 0.1) is 0 Å². The lowest BCUT2D eigenvalue weighted by Crippen LogP contribution is -2.38. The van der Waals surface area contributed by atoms with Gasteiger partial charge in [-0.15, -0.1) is 0 Å². The van der Waals surface area contributed by atoms with Gasteiger partial charge in [0.1, 0.15) is 11.4 Å². The Balaban J connectivity index is 1.67. The molecule has 2 aromatic rings. The van der Waals surface area contributed by atoms with Crippen LogP contribution in [0.3, 0.4) is 0 Å². The summed E-state index contributed by atoms with van der Waals surface area (Å²) in [7, 11) is 1.83. The summed E-state index contributed by atoms with van der Waals surface area (Å²) in [5, 5.41) is 14.1. The Morgan fingerprint density at radius 1 is 1.25 bits per heavy atom. The molecular weight excluding hydrogens is 302 g/mol. The predicted molar refractivity (Wildman–Crippen MR) is 93.3 cm³/mol. The maximum Gasteiger partial charge on any atom is 0.272 e. The van der Waals surface area contributed by atoms with Crippen molar-refractivity contribution in [1.82, 2.24) is 14.7 Å². The minimum absolute atomic E-state index is 0.0614. The van der Waals surface area contributed by atoms with E-state index in [2.05, 4.69) is 25.0 Å². The van der Waals surface area contributed by atoms with Crippen molar-refractivity contribution in [2.45, 2.75) is 38.5 Å². The maximum atomic E-state index is 12.8. The standard InChI is InChI=1S/C19H25N3O2/c1-13(2)17-12-18(21(3)20-17)19(24)22-9-7-14(8-10-22)15-5-4-6-16(23)11-15/h4-6,11-14,23H,7-10H2,1-3H3. The second-order valence-corrected chi connectivity index (χ2v) is 6.89. The Morgan fingerprint density at radius 2 is 1.96 bits per heavy atom. The van der Waals surface area contributed by atoms with Crippen molar-refractivity contribution in [3.8, 4) is 5.75 Å². The number of aromatic nitrogens is 2. The highest BCUT2D eigenvalue weighted by molar-refractivity contribution is 5.92. The lowest BCUT2D eigenvalue weighted by Gasteiger charge is -2.32. The Labute approximate surface area is 142 Å². The average molecular weight is 327 g/mol. The molecule has 1 aromatic carbocycles. The number of carbonyl (C=O) groups excluding carboxylic acids is 1. The highest BCUT2D eigenvalue weighted by Crippen LogP contribution is 2.30. The van der Waals surface area contributed by atoms with E-state index in [0.29, 0.717) is 23.3 Å².